The van der Waals surface area contributed by atoms with Gasteiger partial charge in [-0.05, 0) is 67.7 Å². The van der Waals surface area contributed by atoms with Crippen LogP contribution in [0.1, 0.15) is 38.5 Å². The number of hydrogen-bond acceptors (Lipinski definition) is 5. The lowest BCUT2D eigenvalue weighted by atomic mass is 9.48. The topological polar surface area (TPSA) is 52.0 Å². The smallest absolute Gasteiger partial charge is 0.263 e. The van der Waals surface area contributed by atoms with Gasteiger partial charge in [-0.2, -0.15) is 0 Å². The fraction of sp³-hybridized carbons (Fsp3) is 0.571. The number of carbonyl (C=O) groups is 1. The largest absolute Gasteiger partial charge is 0.298 e. The van der Waals surface area contributed by atoms with Crippen molar-refractivity contribution in [1.82, 2.24) is 9.55 Å². The maximum absolute atomic E-state index is 13.3. The highest BCUT2D eigenvalue weighted by Crippen LogP contribution is 2.60. The third-order valence-electron chi connectivity index (χ3n) is 6.82. The third kappa shape index (κ3) is 2.92. The molecule has 2 aromatic heterocycles. The molecule has 0 amide bonds. The van der Waals surface area contributed by atoms with Gasteiger partial charge in [-0.1, -0.05) is 17.8 Å². The number of allylic oxidation sites excluding steroid dienone is 1. The van der Waals surface area contributed by atoms with Crippen LogP contribution >= 0.6 is 23.1 Å². The van der Waals surface area contributed by atoms with Crippen LogP contribution in [0, 0.1) is 23.2 Å². The first kappa shape index (κ1) is 17.7. The van der Waals surface area contributed by atoms with Crippen LogP contribution in [0.3, 0.4) is 0 Å². The first-order valence-corrected chi connectivity index (χ1v) is 11.7. The van der Waals surface area contributed by atoms with Gasteiger partial charge in [0.1, 0.15) is 10.6 Å². The van der Waals surface area contributed by atoms with Crippen molar-refractivity contribution in [2.45, 2.75) is 50.2 Å². The minimum Gasteiger partial charge on any atom is -0.298 e. The van der Waals surface area contributed by atoms with Crippen LogP contribution in [0.4, 0.5) is 0 Å². The third-order valence-corrected chi connectivity index (χ3v) is 8.61. The summed E-state index contributed by atoms with van der Waals surface area (Å²) in [5, 5.41) is 3.19. The van der Waals surface area contributed by atoms with Crippen LogP contribution in [-0.4, -0.2) is 21.1 Å². The number of aromatic nitrogens is 2. The fourth-order valence-electron chi connectivity index (χ4n) is 6.07. The Balaban J connectivity index is 1.40. The molecule has 4 aliphatic rings. The van der Waals surface area contributed by atoms with Crippen molar-refractivity contribution in [2.75, 3.05) is 5.75 Å². The Labute approximate surface area is 167 Å². The van der Waals surface area contributed by atoms with E-state index < -0.39 is 0 Å². The zero-order valence-electron chi connectivity index (χ0n) is 15.4. The number of rotatable bonds is 6. The van der Waals surface area contributed by atoms with Crippen molar-refractivity contribution in [1.29, 1.82) is 0 Å². The molecular weight excluding hydrogens is 376 g/mol. The quantitative estimate of drug-likeness (QED) is 0.406. The lowest BCUT2D eigenvalue weighted by Gasteiger charge is -2.56. The van der Waals surface area contributed by atoms with E-state index in [0.29, 0.717) is 28.6 Å². The summed E-state index contributed by atoms with van der Waals surface area (Å²) in [6, 6.07) is 1.82. The average Bonchev–Trinajstić information content (AvgIpc) is 3.10. The standard InChI is InChI=1S/C21H24N2O2S2/c1-2-4-23-19(25)16-3-5-26-18(16)22-20(23)27-12-17(24)21-9-13-6-14(10-21)8-15(7-13)11-21/h2-3,5,13-15H,1,4,6-12H2. The zero-order chi connectivity index (χ0) is 18.6. The van der Waals surface area contributed by atoms with Crippen molar-refractivity contribution in [3.05, 3.63) is 34.5 Å². The second-order valence-corrected chi connectivity index (χ2v) is 10.5. The molecule has 4 nitrogen and oxygen atoms in total. The monoisotopic (exact) mass is 400 g/mol. The number of fused-ring (bicyclic) bond motifs is 1. The van der Waals surface area contributed by atoms with Crippen LogP contribution in [0.25, 0.3) is 10.2 Å². The van der Waals surface area contributed by atoms with E-state index in [0.717, 1.165) is 41.8 Å². The number of ketones is 1. The molecule has 2 aromatic rings. The van der Waals surface area contributed by atoms with E-state index in [4.69, 9.17) is 0 Å². The molecule has 142 valence electrons. The molecule has 4 saturated carbocycles. The molecule has 4 bridgehead atoms. The van der Waals surface area contributed by atoms with Gasteiger partial charge in [-0.15, -0.1) is 17.9 Å². The van der Waals surface area contributed by atoms with Gasteiger partial charge in [0.2, 0.25) is 0 Å². The summed E-state index contributed by atoms with van der Waals surface area (Å²) in [4.78, 5) is 31.5. The molecule has 0 N–H and O–H groups in total. The molecule has 0 atom stereocenters. The first-order valence-electron chi connectivity index (χ1n) is 9.83. The van der Waals surface area contributed by atoms with Crippen LogP contribution in [0.5, 0.6) is 0 Å². The first-order chi connectivity index (χ1) is 13.1. The van der Waals surface area contributed by atoms with Gasteiger partial charge in [-0.3, -0.25) is 14.2 Å². The zero-order valence-corrected chi connectivity index (χ0v) is 17.0. The van der Waals surface area contributed by atoms with Crippen LogP contribution in [0.2, 0.25) is 0 Å². The number of thiophene rings is 1. The summed E-state index contributed by atoms with van der Waals surface area (Å²) in [6.07, 6.45) is 9.02. The predicted molar refractivity (Wildman–Crippen MR) is 110 cm³/mol. The van der Waals surface area contributed by atoms with Crippen molar-refractivity contribution >= 4 is 39.1 Å². The Kier molecular flexibility index (Phi) is 4.32. The van der Waals surface area contributed by atoms with Gasteiger partial charge in [0.15, 0.2) is 5.16 Å². The SMILES string of the molecule is C=CCn1c(SCC(=O)C23CC4CC(CC(C4)C2)C3)nc2sccc2c1=O. The lowest BCUT2D eigenvalue weighted by Crippen LogP contribution is -2.50. The van der Waals surface area contributed by atoms with E-state index in [9.17, 15) is 9.59 Å². The van der Waals surface area contributed by atoms with Crippen molar-refractivity contribution in [3.8, 4) is 0 Å². The molecule has 0 aliphatic heterocycles. The summed E-state index contributed by atoms with van der Waals surface area (Å²) in [7, 11) is 0. The van der Waals surface area contributed by atoms with Crippen LogP contribution in [-0.2, 0) is 11.3 Å². The summed E-state index contributed by atoms with van der Waals surface area (Å²) in [5.41, 5.74) is -0.121. The van der Waals surface area contributed by atoms with Crippen molar-refractivity contribution in [2.24, 2.45) is 23.2 Å². The van der Waals surface area contributed by atoms with Crippen molar-refractivity contribution < 1.29 is 4.79 Å². The molecule has 6 heteroatoms. The second kappa shape index (κ2) is 6.59. The Morgan fingerprint density at radius 3 is 2.59 bits per heavy atom. The lowest BCUT2D eigenvalue weighted by molar-refractivity contribution is -0.141. The minimum atomic E-state index is -0.0850. The number of Topliss-reactive ketones (excluding diaryl/α,β-unsaturated/α-hetero) is 1. The van der Waals surface area contributed by atoms with E-state index in [2.05, 4.69) is 11.6 Å². The summed E-state index contributed by atoms with van der Waals surface area (Å²) in [5.74, 6) is 3.11. The minimum absolute atomic E-state index is 0.0362. The molecule has 0 radical (unpaired) electrons. The fourth-order valence-corrected chi connectivity index (χ4v) is 7.91. The highest BCUT2D eigenvalue weighted by molar-refractivity contribution is 7.99. The molecule has 0 unspecified atom stereocenters. The molecule has 4 fully saturated rings. The van der Waals surface area contributed by atoms with Gasteiger partial charge in [-0.25, -0.2) is 4.98 Å². The Bertz CT molecular complexity index is 939. The summed E-state index contributed by atoms with van der Waals surface area (Å²) < 4.78 is 1.65. The predicted octanol–water partition coefficient (Wildman–Crippen LogP) is 4.52. The molecule has 0 spiro atoms. The highest BCUT2D eigenvalue weighted by atomic mass is 32.2. The maximum atomic E-state index is 13.3. The van der Waals surface area contributed by atoms with Crippen molar-refractivity contribution in [3.63, 3.8) is 0 Å². The van der Waals surface area contributed by atoms with E-state index in [1.54, 1.807) is 10.6 Å². The summed E-state index contributed by atoms with van der Waals surface area (Å²) in [6.45, 7) is 4.19. The van der Waals surface area contributed by atoms with Crippen LogP contribution in [0.15, 0.2) is 34.1 Å². The Morgan fingerprint density at radius 2 is 1.96 bits per heavy atom. The van der Waals surface area contributed by atoms with Crippen LogP contribution < -0.4 is 5.56 Å². The molecule has 27 heavy (non-hydrogen) atoms. The molecule has 0 saturated heterocycles. The molecular formula is C21H24N2O2S2. The van der Waals surface area contributed by atoms with Gasteiger partial charge in [0, 0.05) is 12.0 Å². The van der Waals surface area contributed by atoms with E-state index >= 15 is 0 Å². The molecule has 0 aromatic carbocycles. The van der Waals surface area contributed by atoms with E-state index in [1.807, 2.05) is 11.4 Å². The average molecular weight is 401 g/mol. The number of carbonyl (C=O) groups excluding carboxylic acids is 1. The Hall–Kier alpha value is -1.40. The second-order valence-electron chi connectivity index (χ2n) is 8.65. The number of thioether (sulfide) groups is 1. The van der Waals surface area contributed by atoms with Gasteiger partial charge in [0.25, 0.3) is 5.56 Å². The maximum Gasteiger partial charge on any atom is 0.263 e. The van der Waals surface area contributed by atoms with E-state index in [1.165, 1.54) is 42.4 Å². The number of nitrogens with zero attached hydrogens (tertiary/aromatic N) is 2. The Morgan fingerprint density at radius 1 is 1.30 bits per heavy atom. The molecule has 2 heterocycles. The molecule has 4 aliphatic carbocycles. The number of hydrogen-bond donors (Lipinski definition) is 0. The van der Waals surface area contributed by atoms with Gasteiger partial charge < -0.3 is 0 Å². The van der Waals surface area contributed by atoms with Gasteiger partial charge in [0.05, 0.1) is 11.1 Å². The highest BCUT2D eigenvalue weighted by Gasteiger charge is 2.54. The normalized spacial score (nSPS) is 31.5. The van der Waals surface area contributed by atoms with E-state index in [-0.39, 0.29) is 11.0 Å². The molecule has 6 rings (SSSR count). The summed E-state index contributed by atoms with van der Waals surface area (Å²) >= 11 is 2.91. The van der Waals surface area contributed by atoms with Gasteiger partial charge >= 0.3 is 0 Å².